The molecule has 10 heteroatoms. The number of amides is 3. The number of halogens is 1. The van der Waals surface area contributed by atoms with E-state index in [-0.39, 0.29) is 29.6 Å². The van der Waals surface area contributed by atoms with E-state index in [1.54, 1.807) is 4.90 Å². The smallest absolute Gasteiger partial charge is 0.318 e. The molecule has 2 atom stereocenters. The third-order valence-electron chi connectivity index (χ3n) is 7.56. The van der Waals surface area contributed by atoms with Gasteiger partial charge in [0, 0.05) is 48.0 Å². The van der Waals surface area contributed by atoms with Crippen LogP contribution < -0.4 is 10.6 Å². The summed E-state index contributed by atoms with van der Waals surface area (Å²) in [5.74, 6) is -0.591. The van der Waals surface area contributed by atoms with E-state index in [9.17, 15) is 14.0 Å². The van der Waals surface area contributed by atoms with Crippen LogP contribution in [-0.4, -0.2) is 64.9 Å². The van der Waals surface area contributed by atoms with Crippen LogP contribution in [0, 0.1) is 5.82 Å². The van der Waals surface area contributed by atoms with Gasteiger partial charge in [0.1, 0.15) is 11.9 Å². The molecule has 8 nitrogen and oxygen atoms in total. The van der Waals surface area contributed by atoms with Gasteiger partial charge in [-0.3, -0.25) is 4.79 Å². The third-order valence-corrected chi connectivity index (χ3v) is 8.36. The summed E-state index contributed by atoms with van der Waals surface area (Å²) >= 11 is 1.37. The minimum atomic E-state index is -0.817. The van der Waals surface area contributed by atoms with Gasteiger partial charge in [-0.2, -0.15) is 0 Å². The molecule has 1 aliphatic rings. The number of likely N-dealkylation sites (tertiary alicyclic amines) is 1. The number of thiazole rings is 1. The first-order chi connectivity index (χ1) is 19.3. The number of piperidine rings is 1. The van der Waals surface area contributed by atoms with Crippen LogP contribution >= 0.6 is 11.3 Å². The number of nitrogens with zero attached hydrogens (tertiary/aromatic N) is 3. The van der Waals surface area contributed by atoms with Crippen molar-refractivity contribution in [2.24, 2.45) is 0 Å². The number of hydrogen-bond acceptors (Lipinski definition) is 5. The standard InChI is InChI=1S/C30H35FN6O2S/c1-19(25-16-32-26-7-5-4-6-24(25)26)27(28(38)35-29-33-23(18-40-29)17-36(2)3)34-30(39)37-14-12-21(13-15-37)20-8-10-22(31)11-9-20/h4-11,16,18-19,21,27,32H,12-15,17H2,1-3H3,(H,34,39)(H,33,35,38). The summed E-state index contributed by atoms with van der Waals surface area (Å²) in [6, 6.07) is 13.5. The summed E-state index contributed by atoms with van der Waals surface area (Å²) in [4.78, 5) is 38.8. The minimum Gasteiger partial charge on any atom is -0.361 e. The predicted octanol–water partition coefficient (Wildman–Crippen LogP) is 5.53. The maximum Gasteiger partial charge on any atom is 0.318 e. The fourth-order valence-electron chi connectivity index (χ4n) is 5.39. The van der Waals surface area contributed by atoms with E-state index in [1.807, 2.05) is 73.9 Å². The maximum absolute atomic E-state index is 13.7. The van der Waals surface area contributed by atoms with Gasteiger partial charge in [-0.05, 0) is 62.2 Å². The molecule has 2 unspecified atom stereocenters. The number of anilines is 1. The SMILES string of the molecule is CC(c1c[nH]c2ccccc12)C(NC(=O)N1CCC(c2ccc(F)cc2)CC1)C(=O)Nc1nc(CN(C)C)cs1. The lowest BCUT2D eigenvalue weighted by atomic mass is 9.89. The molecule has 3 heterocycles. The van der Waals surface area contributed by atoms with Gasteiger partial charge >= 0.3 is 6.03 Å². The van der Waals surface area contributed by atoms with Gasteiger partial charge < -0.3 is 25.4 Å². The van der Waals surface area contributed by atoms with Crippen LogP contribution in [0.2, 0.25) is 0 Å². The Morgan fingerprint density at radius 3 is 2.60 bits per heavy atom. The minimum absolute atomic E-state index is 0.249. The quantitative estimate of drug-likeness (QED) is 0.264. The molecule has 1 fully saturated rings. The molecule has 1 aliphatic heterocycles. The van der Waals surface area contributed by atoms with Gasteiger partial charge in [-0.25, -0.2) is 14.2 Å². The zero-order valence-electron chi connectivity index (χ0n) is 23.0. The van der Waals surface area contributed by atoms with Crippen LogP contribution in [0.1, 0.15) is 48.4 Å². The maximum atomic E-state index is 13.7. The summed E-state index contributed by atoms with van der Waals surface area (Å²) in [5.41, 5.74) is 3.90. The van der Waals surface area contributed by atoms with Gasteiger partial charge in [0.05, 0.1) is 5.69 Å². The van der Waals surface area contributed by atoms with Crippen LogP contribution in [0.15, 0.2) is 60.1 Å². The molecule has 0 radical (unpaired) electrons. The topological polar surface area (TPSA) is 93.4 Å². The number of aromatic nitrogens is 2. The number of para-hydroxylation sites is 1. The number of benzene rings is 2. The molecule has 0 spiro atoms. The Morgan fingerprint density at radius 1 is 1.15 bits per heavy atom. The van der Waals surface area contributed by atoms with Crippen LogP contribution in [0.3, 0.4) is 0 Å². The Morgan fingerprint density at radius 2 is 1.88 bits per heavy atom. The number of fused-ring (bicyclic) bond motifs is 1. The van der Waals surface area contributed by atoms with Crippen LogP contribution in [0.5, 0.6) is 0 Å². The molecule has 0 aliphatic carbocycles. The normalized spacial score (nSPS) is 15.8. The molecule has 210 valence electrons. The first kappa shape index (κ1) is 27.8. The number of urea groups is 1. The number of hydrogen-bond donors (Lipinski definition) is 3. The summed E-state index contributed by atoms with van der Waals surface area (Å²) in [6.45, 7) is 3.75. The van der Waals surface area contributed by atoms with E-state index < -0.39 is 6.04 Å². The summed E-state index contributed by atoms with van der Waals surface area (Å²) < 4.78 is 13.3. The van der Waals surface area contributed by atoms with Gasteiger partial charge in [-0.15, -0.1) is 11.3 Å². The van der Waals surface area contributed by atoms with Crippen molar-refractivity contribution in [2.45, 2.75) is 44.2 Å². The molecule has 5 rings (SSSR count). The Bertz CT molecular complexity index is 1460. The molecule has 3 amide bonds. The molecule has 4 aromatic rings. The second-order valence-electron chi connectivity index (χ2n) is 10.7. The highest BCUT2D eigenvalue weighted by Crippen LogP contribution is 2.30. The van der Waals surface area contributed by atoms with Crippen LogP contribution in [0.4, 0.5) is 14.3 Å². The number of carbonyl (C=O) groups excluding carboxylic acids is 2. The predicted molar refractivity (Wildman–Crippen MR) is 157 cm³/mol. The Hall–Kier alpha value is -3.76. The Balaban J connectivity index is 1.31. The number of rotatable bonds is 8. The average molecular weight is 563 g/mol. The monoisotopic (exact) mass is 562 g/mol. The molecule has 1 saturated heterocycles. The molecule has 0 saturated carbocycles. The highest BCUT2D eigenvalue weighted by molar-refractivity contribution is 7.13. The molecule has 2 aromatic heterocycles. The number of nitrogens with one attached hydrogen (secondary N) is 3. The zero-order valence-corrected chi connectivity index (χ0v) is 23.8. The zero-order chi connectivity index (χ0) is 28.2. The van der Waals surface area contributed by atoms with Crippen molar-refractivity contribution in [1.82, 2.24) is 25.1 Å². The highest BCUT2D eigenvalue weighted by atomic mass is 32.1. The van der Waals surface area contributed by atoms with Crippen molar-refractivity contribution < 1.29 is 14.0 Å². The van der Waals surface area contributed by atoms with Gasteiger partial charge in [0.25, 0.3) is 0 Å². The van der Waals surface area contributed by atoms with E-state index in [0.717, 1.165) is 40.6 Å². The molecular formula is C30H35FN6O2S. The van der Waals surface area contributed by atoms with E-state index in [4.69, 9.17) is 0 Å². The van der Waals surface area contributed by atoms with Crippen LogP contribution in [0.25, 0.3) is 10.9 Å². The molecule has 0 bridgehead atoms. The molecule has 2 aromatic carbocycles. The van der Waals surface area contributed by atoms with Crippen LogP contribution in [-0.2, 0) is 11.3 Å². The second kappa shape index (κ2) is 12.2. The van der Waals surface area contributed by atoms with Crippen molar-refractivity contribution in [3.05, 3.63) is 82.7 Å². The third kappa shape index (κ3) is 6.34. The fourth-order valence-corrected chi connectivity index (χ4v) is 6.09. The molecular weight excluding hydrogens is 527 g/mol. The fraction of sp³-hybridized carbons (Fsp3) is 0.367. The number of H-pyrrole nitrogens is 1. The van der Waals surface area contributed by atoms with Crippen molar-refractivity contribution >= 4 is 39.3 Å². The Kier molecular flexibility index (Phi) is 8.46. The van der Waals surface area contributed by atoms with E-state index in [1.165, 1.54) is 23.5 Å². The molecule has 3 N–H and O–H groups in total. The van der Waals surface area contributed by atoms with Crippen molar-refractivity contribution in [2.75, 3.05) is 32.5 Å². The second-order valence-corrected chi connectivity index (χ2v) is 11.5. The Labute approximate surface area is 237 Å². The van der Waals surface area contributed by atoms with Crippen molar-refractivity contribution in [1.29, 1.82) is 0 Å². The molecule has 40 heavy (non-hydrogen) atoms. The summed E-state index contributed by atoms with van der Waals surface area (Å²) in [5, 5.41) is 9.44. The lowest BCUT2D eigenvalue weighted by Gasteiger charge is -2.34. The lowest BCUT2D eigenvalue weighted by molar-refractivity contribution is -0.118. The number of carbonyl (C=O) groups is 2. The largest absolute Gasteiger partial charge is 0.361 e. The van der Waals surface area contributed by atoms with E-state index in [0.29, 0.717) is 24.8 Å². The summed E-state index contributed by atoms with van der Waals surface area (Å²) in [7, 11) is 3.93. The van der Waals surface area contributed by atoms with E-state index in [2.05, 4.69) is 20.6 Å². The number of aromatic amines is 1. The first-order valence-corrected chi connectivity index (χ1v) is 14.4. The van der Waals surface area contributed by atoms with Gasteiger partial charge in [0.15, 0.2) is 5.13 Å². The van der Waals surface area contributed by atoms with Gasteiger partial charge in [0.2, 0.25) is 5.91 Å². The van der Waals surface area contributed by atoms with Crippen molar-refractivity contribution in [3.8, 4) is 0 Å². The average Bonchev–Trinajstić information content (AvgIpc) is 3.58. The first-order valence-electron chi connectivity index (χ1n) is 13.6. The highest BCUT2D eigenvalue weighted by Gasteiger charge is 2.33. The van der Waals surface area contributed by atoms with Crippen molar-refractivity contribution in [3.63, 3.8) is 0 Å². The lowest BCUT2D eigenvalue weighted by Crippen LogP contribution is -2.53. The summed E-state index contributed by atoms with van der Waals surface area (Å²) in [6.07, 6.45) is 3.47. The van der Waals surface area contributed by atoms with Gasteiger partial charge in [-0.1, -0.05) is 37.3 Å². The van der Waals surface area contributed by atoms with E-state index >= 15 is 0 Å².